The van der Waals surface area contributed by atoms with Gasteiger partial charge in [-0.2, -0.15) is 4.98 Å². The quantitative estimate of drug-likeness (QED) is 0.667. The standard InChI is InChI=1S/C20H21F3N4O4/c21-20(22,23)30-15-8-6-13(7-9-15)17-24-16(31-25-17)12-26-10-11-27(19(29)18(26)28)14-4-2-1-3-5-14/h6-9,14H,1-5,10-12H2. The Morgan fingerprint density at radius 1 is 1.03 bits per heavy atom. The van der Waals surface area contributed by atoms with Gasteiger partial charge in [0.05, 0.1) is 0 Å². The van der Waals surface area contributed by atoms with Crippen molar-refractivity contribution >= 4 is 11.8 Å². The van der Waals surface area contributed by atoms with Crippen LogP contribution in [-0.4, -0.2) is 57.2 Å². The van der Waals surface area contributed by atoms with E-state index in [4.69, 9.17) is 4.52 Å². The maximum Gasteiger partial charge on any atom is 0.573 e. The summed E-state index contributed by atoms with van der Waals surface area (Å²) in [6.07, 6.45) is 0.389. The maximum atomic E-state index is 12.6. The van der Waals surface area contributed by atoms with Crippen LogP contribution < -0.4 is 4.74 Å². The third-order valence-corrected chi connectivity index (χ3v) is 5.50. The molecule has 2 amide bonds. The van der Waals surface area contributed by atoms with E-state index in [0.29, 0.717) is 18.7 Å². The number of benzene rings is 1. The van der Waals surface area contributed by atoms with Crippen LogP contribution >= 0.6 is 0 Å². The Balaban J connectivity index is 1.38. The molecule has 1 aromatic carbocycles. The Morgan fingerprint density at radius 2 is 1.74 bits per heavy atom. The van der Waals surface area contributed by atoms with Gasteiger partial charge in [0.1, 0.15) is 12.3 Å². The second kappa shape index (κ2) is 8.56. The van der Waals surface area contributed by atoms with Gasteiger partial charge < -0.3 is 19.1 Å². The topological polar surface area (TPSA) is 88.8 Å². The molecule has 11 heteroatoms. The highest BCUT2D eigenvalue weighted by atomic mass is 19.4. The molecule has 2 aliphatic rings. The van der Waals surface area contributed by atoms with Gasteiger partial charge >= 0.3 is 18.2 Å². The van der Waals surface area contributed by atoms with Crippen LogP contribution in [0.5, 0.6) is 5.75 Å². The van der Waals surface area contributed by atoms with Crippen LogP contribution in [0.2, 0.25) is 0 Å². The Bertz CT molecular complexity index is 939. The predicted octanol–water partition coefficient (Wildman–Crippen LogP) is 3.14. The average molecular weight is 438 g/mol. The van der Waals surface area contributed by atoms with E-state index in [2.05, 4.69) is 14.9 Å². The van der Waals surface area contributed by atoms with E-state index >= 15 is 0 Å². The summed E-state index contributed by atoms with van der Waals surface area (Å²) in [6, 6.07) is 5.16. The fraction of sp³-hybridized carbons (Fsp3) is 0.500. The van der Waals surface area contributed by atoms with Crippen LogP contribution in [0, 0.1) is 0 Å². The van der Waals surface area contributed by atoms with Gasteiger partial charge in [-0.3, -0.25) is 9.59 Å². The third-order valence-electron chi connectivity index (χ3n) is 5.50. The fourth-order valence-electron chi connectivity index (χ4n) is 3.99. The largest absolute Gasteiger partial charge is 0.573 e. The number of carbonyl (C=O) groups excluding carboxylic acids is 2. The molecule has 8 nitrogen and oxygen atoms in total. The molecule has 1 aliphatic carbocycles. The molecule has 1 aliphatic heterocycles. The van der Waals surface area contributed by atoms with Crippen molar-refractivity contribution in [2.75, 3.05) is 13.1 Å². The number of ether oxygens (including phenoxy) is 1. The number of halogens is 3. The molecule has 2 fully saturated rings. The lowest BCUT2D eigenvalue weighted by Gasteiger charge is -2.39. The molecule has 0 N–H and O–H groups in total. The SMILES string of the molecule is O=C1C(=O)N(C2CCCCC2)CCN1Cc1nc(-c2ccc(OC(F)(F)F)cc2)no1. The van der Waals surface area contributed by atoms with Crippen molar-refractivity contribution in [2.45, 2.75) is 51.1 Å². The van der Waals surface area contributed by atoms with Gasteiger partial charge in [-0.15, -0.1) is 13.2 Å². The van der Waals surface area contributed by atoms with Gasteiger partial charge in [-0.1, -0.05) is 24.4 Å². The Labute approximate surface area is 175 Å². The molecular formula is C20H21F3N4O4. The maximum absolute atomic E-state index is 12.6. The van der Waals surface area contributed by atoms with Crippen LogP contribution in [0.1, 0.15) is 38.0 Å². The number of nitrogens with zero attached hydrogens (tertiary/aromatic N) is 4. The van der Waals surface area contributed by atoms with Crippen LogP contribution in [0.25, 0.3) is 11.4 Å². The minimum absolute atomic E-state index is 0.00858. The van der Waals surface area contributed by atoms with E-state index in [-0.39, 0.29) is 30.1 Å². The molecular weight excluding hydrogens is 417 g/mol. The Kier molecular flexibility index (Phi) is 5.84. The molecule has 1 aromatic heterocycles. The molecule has 2 aromatic rings. The molecule has 2 heterocycles. The first-order valence-electron chi connectivity index (χ1n) is 10.1. The van der Waals surface area contributed by atoms with Crippen molar-refractivity contribution in [2.24, 2.45) is 0 Å². The molecule has 0 atom stereocenters. The lowest BCUT2D eigenvalue weighted by Crippen LogP contribution is -2.57. The van der Waals surface area contributed by atoms with Gasteiger partial charge in [0.2, 0.25) is 11.7 Å². The highest BCUT2D eigenvalue weighted by Crippen LogP contribution is 2.27. The zero-order chi connectivity index (χ0) is 22.0. The van der Waals surface area contributed by atoms with Crippen molar-refractivity contribution in [3.8, 4) is 17.1 Å². The predicted molar refractivity (Wildman–Crippen MR) is 100 cm³/mol. The van der Waals surface area contributed by atoms with Crippen molar-refractivity contribution < 1.29 is 32.0 Å². The van der Waals surface area contributed by atoms with Gasteiger partial charge in [0.25, 0.3) is 0 Å². The molecule has 31 heavy (non-hydrogen) atoms. The van der Waals surface area contributed by atoms with Gasteiger partial charge in [0.15, 0.2) is 0 Å². The summed E-state index contributed by atoms with van der Waals surface area (Å²) in [6.45, 7) is 0.838. The number of amides is 2. The van der Waals surface area contributed by atoms with E-state index in [9.17, 15) is 22.8 Å². The number of carbonyl (C=O) groups is 2. The molecule has 0 spiro atoms. The molecule has 1 saturated heterocycles. The lowest BCUT2D eigenvalue weighted by atomic mass is 9.93. The zero-order valence-electron chi connectivity index (χ0n) is 16.6. The molecule has 4 rings (SSSR count). The summed E-state index contributed by atoms with van der Waals surface area (Å²) in [5.41, 5.74) is 0.425. The van der Waals surface area contributed by atoms with Gasteiger partial charge in [0, 0.05) is 24.7 Å². The molecule has 0 bridgehead atoms. The summed E-state index contributed by atoms with van der Waals surface area (Å²) < 4.78 is 45.8. The number of rotatable bonds is 5. The fourth-order valence-corrected chi connectivity index (χ4v) is 3.99. The minimum Gasteiger partial charge on any atom is -0.406 e. The molecule has 0 unspecified atom stereocenters. The van der Waals surface area contributed by atoms with E-state index in [0.717, 1.165) is 44.2 Å². The summed E-state index contributed by atoms with van der Waals surface area (Å²) in [4.78, 5) is 32.4. The monoisotopic (exact) mass is 438 g/mol. The van der Waals surface area contributed by atoms with Crippen molar-refractivity contribution in [3.05, 3.63) is 30.2 Å². The Hall–Kier alpha value is -3.11. The van der Waals surface area contributed by atoms with E-state index < -0.39 is 18.2 Å². The van der Waals surface area contributed by atoms with Crippen LogP contribution in [0.15, 0.2) is 28.8 Å². The van der Waals surface area contributed by atoms with Crippen molar-refractivity contribution in [1.29, 1.82) is 0 Å². The zero-order valence-corrected chi connectivity index (χ0v) is 16.6. The first-order chi connectivity index (χ1) is 14.8. The average Bonchev–Trinajstić information content (AvgIpc) is 3.20. The van der Waals surface area contributed by atoms with Crippen LogP contribution in [0.4, 0.5) is 13.2 Å². The smallest absolute Gasteiger partial charge is 0.406 e. The molecule has 1 saturated carbocycles. The molecule has 166 valence electrons. The van der Waals surface area contributed by atoms with E-state index in [1.54, 1.807) is 4.90 Å². The van der Waals surface area contributed by atoms with Crippen LogP contribution in [-0.2, 0) is 16.1 Å². The summed E-state index contributed by atoms with van der Waals surface area (Å²) in [5.74, 6) is -1.16. The first-order valence-corrected chi connectivity index (χ1v) is 10.1. The third kappa shape index (κ3) is 4.97. The van der Waals surface area contributed by atoms with Crippen LogP contribution in [0.3, 0.4) is 0 Å². The molecule has 0 radical (unpaired) electrons. The highest BCUT2D eigenvalue weighted by Gasteiger charge is 2.37. The number of piperazine rings is 1. The van der Waals surface area contributed by atoms with E-state index in [1.807, 2.05) is 0 Å². The lowest BCUT2D eigenvalue weighted by molar-refractivity contribution is -0.274. The van der Waals surface area contributed by atoms with Gasteiger partial charge in [-0.05, 0) is 37.1 Å². The number of aromatic nitrogens is 2. The summed E-state index contributed by atoms with van der Waals surface area (Å²) >= 11 is 0. The van der Waals surface area contributed by atoms with Crippen molar-refractivity contribution in [1.82, 2.24) is 19.9 Å². The normalized spacial score (nSPS) is 18.5. The highest BCUT2D eigenvalue weighted by molar-refractivity contribution is 6.35. The number of hydrogen-bond acceptors (Lipinski definition) is 6. The number of alkyl halides is 3. The number of hydrogen-bond donors (Lipinski definition) is 0. The minimum atomic E-state index is -4.77. The first kappa shape index (κ1) is 21.1. The summed E-state index contributed by atoms with van der Waals surface area (Å²) in [5, 5.41) is 3.81. The second-order valence-corrected chi connectivity index (χ2v) is 7.60. The van der Waals surface area contributed by atoms with Crippen molar-refractivity contribution in [3.63, 3.8) is 0 Å². The second-order valence-electron chi connectivity index (χ2n) is 7.60. The Morgan fingerprint density at radius 3 is 2.42 bits per heavy atom. The van der Waals surface area contributed by atoms with E-state index in [1.165, 1.54) is 17.0 Å². The summed E-state index contributed by atoms with van der Waals surface area (Å²) in [7, 11) is 0. The van der Waals surface area contributed by atoms with Gasteiger partial charge in [-0.25, -0.2) is 0 Å².